The monoisotopic (exact) mass is 239 g/mol. The smallest absolute Gasteiger partial charge is 0.334 e. The predicted molar refractivity (Wildman–Crippen MR) is 65.4 cm³/mol. The molecule has 4 heteroatoms. The Morgan fingerprint density at radius 1 is 1.24 bits per heavy atom. The van der Waals surface area contributed by atoms with Crippen molar-refractivity contribution >= 4 is 11.9 Å². The van der Waals surface area contributed by atoms with Gasteiger partial charge in [0.15, 0.2) is 0 Å². The third-order valence-corrected chi connectivity index (χ3v) is 2.70. The average molecular weight is 239 g/mol. The molecule has 0 unspecified atom stereocenters. The van der Waals surface area contributed by atoms with Gasteiger partial charge in [0.1, 0.15) is 0 Å². The minimum absolute atomic E-state index is 0.0419. The van der Waals surface area contributed by atoms with Gasteiger partial charge in [-0.25, -0.2) is 4.79 Å². The summed E-state index contributed by atoms with van der Waals surface area (Å²) >= 11 is 0. The number of carbonyl (C=O) groups is 2. The van der Waals surface area contributed by atoms with Crippen LogP contribution in [0.4, 0.5) is 0 Å². The minimum atomic E-state index is -0.372. The second kappa shape index (κ2) is 5.34. The van der Waals surface area contributed by atoms with Gasteiger partial charge < -0.3 is 10.1 Å². The molecule has 0 heterocycles. The molecule has 0 aromatic rings. The first-order valence-electron chi connectivity index (χ1n) is 5.93. The maximum absolute atomic E-state index is 11.9. The Morgan fingerprint density at radius 2 is 1.82 bits per heavy atom. The first-order valence-corrected chi connectivity index (χ1v) is 5.93. The number of rotatable bonds is 3. The molecule has 0 atom stereocenters. The number of hydrogen-bond donors (Lipinski definition) is 1. The largest absolute Gasteiger partial charge is 0.466 e. The summed E-state index contributed by atoms with van der Waals surface area (Å²) in [4.78, 5) is 23.4. The fourth-order valence-corrected chi connectivity index (χ4v) is 1.79. The molecule has 96 valence electrons. The maximum Gasteiger partial charge on any atom is 0.334 e. The van der Waals surface area contributed by atoms with Crippen LogP contribution >= 0.6 is 0 Å². The molecule has 1 rings (SSSR count). The van der Waals surface area contributed by atoms with Crippen molar-refractivity contribution in [3.63, 3.8) is 0 Å². The van der Waals surface area contributed by atoms with Gasteiger partial charge in [0.05, 0.1) is 7.11 Å². The maximum atomic E-state index is 11.9. The normalized spacial score (nSPS) is 16.0. The number of nitrogens with one attached hydrogen (secondary N) is 1. The molecule has 0 saturated heterocycles. The molecule has 0 bridgehead atoms. The van der Waals surface area contributed by atoms with Crippen molar-refractivity contribution in [2.24, 2.45) is 5.41 Å². The third-order valence-electron chi connectivity index (χ3n) is 2.70. The van der Waals surface area contributed by atoms with Gasteiger partial charge in [0.25, 0.3) is 0 Å². The highest BCUT2D eigenvalue weighted by Gasteiger charge is 2.26. The van der Waals surface area contributed by atoms with Crippen LogP contribution in [0, 0.1) is 5.41 Å². The van der Waals surface area contributed by atoms with Crippen molar-refractivity contribution in [1.29, 1.82) is 0 Å². The summed E-state index contributed by atoms with van der Waals surface area (Å²) in [5, 5.41) is 2.87. The summed E-state index contributed by atoms with van der Waals surface area (Å²) in [6.07, 6.45) is 2.16. The van der Waals surface area contributed by atoms with E-state index in [0.29, 0.717) is 30.5 Å². The molecule has 17 heavy (non-hydrogen) atoms. The fraction of sp³-hybridized carbons (Fsp3) is 0.692. The van der Waals surface area contributed by atoms with E-state index in [0.717, 1.165) is 6.42 Å². The predicted octanol–water partition coefficient (Wildman–Crippen LogP) is 1.80. The first kappa shape index (κ1) is 13.7. The highest BCUT2D eigenvalue weighted by atomic mass is 16.5. The SMILES string of the molecule is COC(=O)C1=C(C(=O)NCC(C)(C)C)CCC1. The lowest BCUT2D eigenvalue weighted by Crippen LogP contribution is -2.33. The Balaban J connectivity index is 2.70. The Hall–Kier alpha value is -1.32. The van der Waals surface area contributed by atoms with Gasteiger partial charge in [-0.1, -0.05) is 20.8 Å². The second-order valence-corrected chi connectivity index (χ2v) is 5.55. The minimum Gasteiger partial charge on any atom is -0.466 e. The third kappa shape index (κ3) is 3.88. The number of amides is 1. The highest BCUT2D eigenvalue weighted by molar-refractivity contribution is 6.03. The lowest BCUT2D eigenvalue weighted by atomic mass is 9.97. The molecule has 4 nitrogen and oxygen atoms in total. The number of hydrogen-bond acceptors (Lipinski definition) is 3. The zero-order valence-corrected chi connectivity index (χ0v) is 11.1. The van der Waals surface area contributed by atoms with Crippen LogP contribution in [-0.4, -0.2) is 25.5 Å². The molecule has 0 fully saturated rings. The zero-order chi connectivity index (χ0) is 13.1. The molecule has 1 amide bonds. The van der Waals surface area contributed by atoms with E-state index in [1.165, 1.54) is 7.11 Å². The van der Waals surface area contributed by atoms with Crippen LogP contribution in [0.25, 0.3) is 0 Å². The van der Waals surface area contributed by atoms with Gasteiger partial charge in [-0.2, -0.15) is 0 Å². The van der Waals surface area contributed by atoms with Crippen molar-refractivity contribution in [3.05, 3.63) is 11.1 Å². The molecule has 0 aromatic carbocycles. The van der Waals surface area contributed by atoms with Crippen molar-refractivity contribution in [3.8, 4) is 0 Å². The van der Waals surface area contributed by atoms with Crippen LogP contribution in [0.5, 0.6) is 0 Å². The highest BCUT2D eigenvalue weighted by Crippen LogP contribution is 2.27. The van der Waals surface area contributed by atoms with Crippen LogP contribution in [0.3, 0.4) is 0 Å². The molecule has 0 aliphatic heterocycles. The van der Waals surface area contributed by atoms with Crippen molar-refractivity contribution < 1.29 is 14.3 Å². The quantitative estimate of drug-likeness (QED) is 0.764. The van der Waals surface area contributed by atoms with E-state index in [9.17, 15) is 9.59 Å². The fourth-order valence-electron chi connectivity index (χ4n) is 1.79. The van der Waals surface area contributed by atoms with E-state index >= 15 is 0 Å². The van der Waals surface area contributed by atoms with Crippen molar-refractivity contribution in [2.75, 3.05) is 13.7 Å². The Bertz CT molecular complexity index is 350. The molecule has 1 aliphatic carbocycles. The summed E-state index contributed by atoms with van der Waals surface area (Å²) in [6.45, 7) is 6.76. The molecular weight excluding hydrogens is 218 g/mol. The number of carbonyl (C=O) groups excluding carboxylic acids is 2. The Labute approximate surface area is 102 Å². The molecule has 0 aromatic heterocycles. The van der Waals surface area contributed by atoms with Crippen molar-refractivity contribution in [2.45, 2.75) is 40.0 Å². The van der Waals surface area contributed by atoms with Gasteiger partial charge in [0, 0.05) is 17.7 Å². The molecular formula is C13H21NO3. The number of methoxy groups -OCH3 is 1. The van der Waals surface area contributed by atoms with Gasteiger partial charge in [0.2, 0.25) is 5.91 Å². The first-order chi connectivity index (χ1) is 7.85. The standard InChI is InChI=1S/C13H21NO3/c1-13(2,3)8-14-11(15)9-6-5-7-10(9)12(16)17-4/h5-8H2,1-4H3,(H,14,15). The van der Waals surface area contributed by atoms with Crippen molar-refractivity contribution in [1.82, 2.24) is 5.32 Å². The Morgan fingerprint density at radius 3 is 2.35 bits per heavy atom. The second-order valence-electron chi connectivity index (χ2n) is 5.55. The topological polar surface area (TPSA) is 55.4 Å². The van der Waals surface area contributed by atoms with Crippen LogP contribution < -0.4 is 5.32 Å². The van der Waals surface area contributed by atoms with Gasteiger partial charge in [-0.3, -0.25) is 4.79 Å². The van der Waals surface area contributed by atoms with Gasteiger partial charge in [-0.15, -0.1) is 0 Å². The number of ether oxygens (including phenoxy) is 1. The Kier molecular flexibility index (Phi) is 4.32. The van der Waals surface area contributed by atoms with Gasteiger partial charge >= 0.3 is 5.97 Å². The lowest BCUT2D eigenvalue weighted by molar-refractivity contribution is -0.136. The van der Waals surface area contributed by atoms with Gasteiger partial charge in [-0.05, 0) is 24.7 Å². The van der Waals surface area contributed by atoms with Crippen LogP contribution in [0.2, 0.25) is 0 Å². The zero-order valence-electron chi connectivity index (χ0n) is 11.1. The molecule has 0 saturated carbocycles. The van der Waals surface area contributed by atoms with E-state index in [-0.39, 0.29) is 17.3 Å². The van der Waals surface area contributed by atoms with E-state index in [2.05, 4.69) is 30.8 Å². The van der Waals surface area contributed by atoms with Crippen LogP contribution in [0.15, 0.2) is 11.1 Å². The summed E-state index contributed by atoms with van der Waals surface area (Å²) in [7, 11) is 1.35. The van der Waals surface area contributed by atoms with E-state index in [1.54, 1.807) is 0 Å². The molecule has 0 radical (unpaired) electrons. The van der Waals surface area contributed by atoms with Crippen LogP contribution in [0.1, 0.15) is 40.0 Å². The molecule has 1 N–H and O–H groups in total. The summed E-state index contributed by atoms with van der Waals surface area (Å²) in [5.41, 5.74) is 1.18. The summed E-state index contributed by atoms with van der Waals surface area (Å²) in [6, 6.07) is 0. The summed E-state index contributed by atoms with van der Waals surface area (Å²) < 4.78 is 4.68. The van der Waals surface area contributed by atoms with E-state index in [1.807, 2.05) is 0 Å². The summed E-state index contributed by atoms with van der Waals surface area (Å²) in [5.74, 6) is -0.499. The van der Waals surface area contributed by atoms with E-state index in [4.69, 9.17) is 0 Å². The lowest BCUT2D eigenvalue weighted by Gasteiger charge is -2.19. The van der Waals surface area contributed by atoms with E-state index < -0.39 is 0 Å². The average Bonchev–Trinajstić information content (AvgIpc) is 2.72. The number of esters is 1. The molecule has 0 spiro atoms. The molecule has 1 aliphatic rings. The van der Waals surface area contributed by atoms with Crippen LogP contribution in [-0.2, 0) is 14.3 Å².